The Balaban J connectivity index is 1.37. The molecule has 2 N–H and O–H groups in total. The maximum Gasteiger partial charge on any atom is 0.419 e. The van der Waals surface area contributed by atoms with Gasteiger partial charge in [0.15, 0.2) is 11.6 Å². The maximum absolute atomic E-state index is 14.4. The Morgan fingerprint density at radius 3 is 2.54 bits per heavy atom. The van der Waals surface area contributed by atoms with Gasteiger partial charge in [-0.1, -0.05) is 0 Å². The summed E-state index contributed by atoms with van der Waals surface area (Å²) < 4.78 is 67.0. The van der Waals surface area contributed by atoms with Gasteiger partial charge in [-0.25, -0.2) is 14.4 Å². The molecule has 0 bridgehead atoms. The van der Waals surface area contributed by atoms with E-state index in [0.29, 0.717) is 38.3 Å². The molecule has 5 rings (SSSR count). The molecule has 3 aromatic rings. The van der Waals surface area contributed by atoms with Crippen LogP contribution in [0.5, 0.6) is 5.88 Å². The number of pyridine rings is 2. The average molecular weight is 552 g/mol. The lowest BCUT2D eigenvalue weighted by Crippen LogP contribution is -2.37. The lowest BCUT2D eigenvalue weighted by molar-refractivity contribution is -0.140. The molecule has 1 aliphatic carbocycles. The molecule has 1 saturated carbocycles. The normalized spacial score (nSPS) is 23.9. The lowest BCUT2D eigenvalue weighted by atomic mass is 9.93. The Hall–Kier alpha value is -3.19. The van der Waals surface area contributed by atoms with Crippen molar-refractivity contribution in [2.24, 2.45) is 0 Å². The third kappa shape index (κ3) is 5.46. The number of rotatable bonds is 8. The van der Waals surface area contributed by atoms with E-state index in [-0.39, 0.29) is 18.2 Å². The fourth-order valence-corrected chi connectivity index (χ4v) is 5.56. The minimum atomic E-state index is -4.81. The van der Waals surface area contributed by atoms with Crippen molar-refractivity contribution in [1.29, 1.82) is 0 Å². The molecular formula is C26H33F4N7O2. The van der Waals surface area contributed by atoms with Crippen molar-refractivity contribution in [1.82, 2.24) is 25.1 Å². The summed E-state index contributed by atoms with van der Waals surface area (Å²) in [6.45, 7) is 4.17. The number of halogens is 4. The zero-order valence-electron chi connectivity index (χ0n) is 22.1. The van der Waals surface area contributed by atoms with Crippen molar-refractivity contribution in [3.8, 4) is 5.88 Å². The van der Waals surface area contributed by atoms with Crippen LogP contribution in [0.15, 0.2) is 24.5 Å². The van der Waals surface area contributed by atoms with Gasteiger partial charge in [-0.15, -0.1) is 0 Å². The van der Waals surface area contributed by atoms with E-state index in [2.05, 4.69) is 25.5 Å². The number of aromatic nitrogens is 4. The molecule has 1 aliphatic heterocycles. The number of methoxy groups -OCH3 is 1. The molecule has 0 radical (unpaired) electrons. The third-order valence-electron chi connectivity index (χ3n) is 7.60. The molecule has 0 amide bonds. The first-order chi connectivity index (χ1) is 18.7. The largest absolute Gasteiger partial charge is 0.472 e. The van der Waals surface area contributed by atoms with Crippen LogP contribution in [-0.4, -0.2) is 71.8 Å². The summed E-state index contributed by atoms with van der Waals surface area (Å²) in [6.07, 6.45) is -0.0645. The number of hydrogen-bond acceptors (Lipinski definition) is 8. The van der Waals surface area contributed by atoms with Crippen LogP contribution < -0.4 is 20.3 Å². The minimum absolute atomic E-state index is 0.0293. The number of anilines is 2. The highest BCUT2D eigenvalue weighted by molar-refractivity contribution is 5.91. The molecule has 2 atom stereocenters. The molecular weight excluding hydrogens is 518 g/mol. The second kappa shape index (κ2) is 11.1. The fraction of sp³-hybridized carbons (Fsp3) is 0.577. The van der Waals surface area contributed by atoms with Gasteiger partial charge in [-0.3, -0.25) is 4.68 Å². The van der Waals surface area contributed by atoms with Crippen LogP contribution >= 0.6 is 0 Å². The van der Waals surface area contributed by atoms with Gasteiger partial charge in [0.2, 0.25) is 0 Å². The van der Waals surface area contributed by atoms with Crippen molar-refractivity contribution in [2.75, 3.05) is 44.0 Å². The van der Waals surface area contributed by atoms with E-state index in [1.165, 1.54) is 0 Å². The summed E-state index contributed by atoms with van der Waals surface area (Å²) in [7, 11) is 3.63. The first-order valence-corrected chi connectivity index (χ1v) is 13.2. The van der Waals surface area contributed by atoms with Gasteiger partial charge in [-0.05, 0) is 45.7 Å². The van der Waals surface area contributed by atoms with Crippen molar-refractivity contribution in [3.05, 3.63) is 35.9 Å². The molecule has 0 aromatic carbocycles. The first kappa shape index (κ1) is 27.4. The summed E-state index contributed by atoms with van der Waals surface area (Å²) in [5, 5.41) is 12.6. The van der Waals surface area contributed by atoms with Gasteiger partial charge in [0.05, 0.1) is 34.7 Å². The van der Waals surface area contributed by atoms with Crippen LogP contribution in [0.4, 0.5) is 29.2 Å². The average Bonchev–Trinajstić information content (AvgIpc) is 3.51. The number of fused-ring (bicyclic) bond motifs is 1. The lowest BCUT2D eigenvalue weighted by Gasteiger charge is -2.29. The highest BCUT2D eigenvalue weighted by Crippen LogP contribution is 2.38. The third-order valence-corrected chi connectivity index (χ3v) is 7.60. The van der Waals surface area contributed by atoms with Crippen molar-refractivity contribution in [3.63, 3.8) is 0 Å². The summed E-state index contributed by atoms with van der Waals surface area (Å²) in [4.78, 5) is 10.5. The van der Waals surface area contributed by atoms with E-state index in [0.717, 1.165) is 41.8 Å². The summed E-state index contributed by atoms with van der Waals surface area (Å²) in [5.74, 6) is -0.487. The number of hydrogen-bond donors (Lipinski definition) is 2. The molecule has 2 aliphatic rings. The van der Waals surface area contributed by atoms with Gasteiger partial charge in [0, 0.05) is 45.2 Å². The van der Waals surface area contributed by atoms with Crippen LogP contribution in [-0.2, 0) is 10.9 Å². The molecule has 1 saturated heterocycles. The highest BCUT2D eigenvalue weighted by atomic mass is 19.4. The molecule has 39 heavy (non-hydrogen) atoms. The quantitative estimate of drug-likeness (QED) is 0.399. The SMILES string of the molecule is CCNc1cc2c(cn1)c(N1C[C@@H](NC)[C@H](OC)C1)nn2C1CCC(Oc2nccc(C(F)(F)F)c2F)CC1. The van der Waals surface area contributed by atoms with E-state index in [9.17, 15) is 17.6 Å². The zero-order valence-corrected chi connectivity index (χ0v) is 22.1. The highest BCUT2D eigenvalue weighted by Gasteiger charge is 2.37. The second-order valence-electron chi connectivity index (χ2n) is 9.98. The van der Waals surface area contributed by atoms with E-state index in [1.54, 1.807) is 7.11 Å². The van der Waals surface area contributed by atoms with E-state index >= 15 is 0 Å². The van der Waals surface area contributed by atoms with Crippen LogP contribution in [0, 0.1) is 5.82 Å². The van der Waals surface area contributed by atoms with Gasteiger partial charge >= 0.3 is 6.18 Å². The first-order valence-electron chi connectivity index (χ1n) is 13.2. The van der Waals surface area contributed by atoms with Crippen molar-refractivity contribution in [2.45, 2.75) is 63.1 Å². The maximum atomic E-state index is 14.4. The number of ether oxygens (including phenoxy) is 2. The van der Waals surface area contributed by atoms with Crippen molar-refractivity contribution >= 4 is 22.5 Å². The van der Waals surface area contributed by atoms with Crippen LogP contribution in [0.25, 0.3) is 10.9 Å². The molecule has 0 unspecified atom stereocenters. The van der Waals surface area contributed by atoms with Gasteiger partial charge in [0.25, 0.3) is 5.88 Å². The second-order valence-corrected chi connectivity index (χ2v) is 9.98. The summed E-state index contributed by atoms with van der Waals surface area (Å²) in [5.41, 5.74) is -0.423. The Morgan fingerprint density at radius 1 is 1.13 bits per heavy atom. The Bertz CT molecular complexity index is 1280. The van der Waals surface area contributed by atoms with E-state index < -0.39 is 29.5 Å². The van der Waals surface area contributed by atoms with Gasteiger partial charge in [0.1, 0.15) is 11.9 Å². The summed E-state index contributed by atoms with van der Waals surface area (Å²) >= 11 is 0. The predicted octanol–water partition coefficient (Wildman–Crippen LogP) is 4.40. The molecule has 13 heteroatoms. The molecule has 3 aromatic heterocycles. The molecule has 9 nitrogen and oxygen atoms in total. The fourth-order valence-electron chi connectivity index (χ4n) is 5.56. The van der Waals surface area contributed by atoms with Crippen molar-refractivity contribution < 1.29 is 27.0 Å². The molecule has 0 spiro atoms. The molecule has 212 valence electrons. The smallest absolute Gasteiger partial charge is 0.419 e. The van der Waals surface area contributed by atoms with Crippen LogP contribution in [0.2, 0.25) is 0 Å². The topological polar surface area (TPSA) is 89.4 Å². The number of nitrogens with zero attached hydrogens (tertiary/aromatic N) is 5. The van der Waals surface area contributed by atoms with Crippen LogP contribution in [0.1, 0.15) is 44.2 Å². The van der Waals surface area contributed by atoms with Gasteiger partial charge < -0.3 is 25.0 Å². The number of alkyl halides is 3. The Kier molecular flexibility index (Phi) is 7.81. The molecule has 4 heterocycles. The standard InChI is InChI=1S/C26H33F4N7O2/c1-4-32-22-11-20-17(12-34-22)24(36-13-19(31-2)21(14-36)38-3)35-37(20)15-5-7-16(8-6-15)39-25-23(27)18(9-10-33-25)26(28,29)30/h9-12,15-16,19,21,31H,4-8,13-14H2,1-3H3,(H,32,34)/t15?,16?,19-,21-/m1/s1. The monoisotopic (exact) mass is 551 g/mol. The predicted molar refractivity (Wildman–Crippen MR) is 139 cm³/mol. The number of nitrogens with one attached hydrogen (secondary N) is 2. The molecule has 2 fully saturated rings. The van der Waals surface area contributed by atoms with Gasteiger partial charge in [-0.2, -0.15) is 18.3 Å². The zero-order chi connectivity index (χ0) is 27.7. The minimum Gasteiger partial charge on any atom is -0.472 e. The van der Waals surface area contributed by atoms with E-state index in [1.807, 2.05) is 30.9 Å². The summed E-state index contributed by atoms with van der Waals surface area (Å²) in [6, 6.07) is 2.82. The number of likely N-dealkylation sites (N-methyl/N-ethyl adjacent to an activating group) is 1. The Morgan fingerprint density at radius 2 is 1.90 bits per heavy atom. The van der Waals surface area contributed by atoms with E-state index in [4.69, 9.17) is 14.6 Å². The Labute approximate surface area is 223 Å². The van der Waals surface area contributed by atoms with Crippen LogP contribution in [0.3, 0.4) is 0 Å².